The standard InChI is InChI=1S/C14H15NOS/c16-10-15-14(6-3-7-14)13-5-2-1-4-12(13)11-8-17-9-11/h1-2,4-5,11H,3,6-9H2. The van der Waals surface area contributed by atoms with Crippen molar-refractivity contribution in [3.8, 4) is 0 Å². The zero-order valence-corrected chi connectivity index (χ0v) is 10.5. The van der Waals surface area contributed by atoms with Gasteiger partial charge in [0.25, 0.3) is 0 Å². The lowest BCUT2D eigenvalue weighted by molar-refractivity contribution is 0.253. The smallest absolute Gasteiger partial charge is 0.211 e. The molecular weight excluding hydrogens is 230 g/mol. The highest BCUT2D eigenvalue weighted by Gasteiger charge is 2.41. The Bertz CT molecular complexity index is 471. The van der Waals surface area contributed by atoms with Crippen LogP contribution in [0.5, 0.6) is 0 Å². The summed E-state index contributed by atoms with van der Waals surface area (Å²) in [6.07, 6.45) is 4.94. The third kappa shape index (κ3) is 1.74. The highest BCUT2D eigenvalue weighted by Crippen LogP contribution is 2.48. The van der Waals surface area contributed by atoms with Gasteiger partial charge in [0.1, 0.15) is 0 Å². The summed E-state index contributed by atoms with van der Waals surface area (Å²) in [7, 11) is 0. The van der Waals surface area contributed by atoms with E-state index in [1.165, 1.54) is 29.1 Å². The van der Waals surface area contributed by atoms with Gasteiger partial charge in [-0.3, -0.25) is 0 Å². The molecule has 2 aliphatic rings. The molecule has 0 radical (unpaired) electrons. The Balaban J connectivity index is 2.03. The normalized spacial score (nSPS) is 22.1. The zero-order valence-electron chi connectivity index (χ0n) is 9.69. The Morgan fingerprint density at radius 2 is 2.06 bits per heavy atom. The van der Waals surface area contributed by atoms with Gasteiger partial charge in [0.05, 0.1) is 5.54 Å². The maximum absolute atomic E-state index is 10.7. The summed E-state index contributed by atoms with van der Waals surface area (Å²) in [4.78, 5) is 14.8. The topological polar surface area (TPSA) is 29.4 Å². The van der Waals surface area contributed by atoms with Crippen LogP contribution in [-0.2, 0) is 10.3 Å². The highest BCUT2D eigenvalue weighted by molar-refractivity contribution is 8.00. The second-order valence-corrected chi connectivity index (χ2v) is 5.98. The molecule has 0 spiro atoms. The fourth-order valence-corrected chi connectivity index (χ4v) is 3.56. The molecule has 3 heteroatoms. The third-order valence-electron chi connectivity index (χ3n) is 3.98. The van der Waals surface area contributed by atoms with E-state index in [4.69, 9.17) is 0 Å². The van der Waals surface area contributed by atoms with Crippen LogP contribution < -0.4 is 0 Å². The number of carbonyl (C=O) groups excluding carboxylic acids is 1. The Morgan fingerprint density at radius 1 is 1.29 bits per heavy atom. The molecule has 1 aliphatic heterocycles. The molecule has 1 saturated heterocycles. The van der Waals surface area contributed by atoms with E-state index in [1.807, 2.05) is 11.8 Å². The molecule has 0 amide bonds. The summed E-state index contributed by atoms with van der Waals surface area (Å²) in [5.74, 6) is 3.08. The van der Waals surface area contributed by atoms with E-state index < -0.39 is 0 Å². The van der Waals surface area contributed by atoms with Crippen LogP contribution >= 0.6 is 11.8 Å². The number of benzene rings is 1. The minimum absolute atomic E-state index is 0.237. The van der Waals surface area contributed by atoms with Crippen LogP contribution in [0.15, 0.2) is 29.3 Å². The summed E-state index contributed by atoms with van der Waals surface area (Å²) in [5, 5.41) is 0. The highest BCUT2D eigenvalue weighted by atomic mass is 32.2. The van der Waals surface area contributed by atoms with Gasteiger partial charge in [0.15, 0.2) is 0 Å². The van der Waals surface area contributed by atoms with Gasteiger partial charge in [0, 0.05) is 17.4 Å². The molecule has 0 bridgehead atoms. The largest absolute Gasteiger partial charge is 0.235 e. The zero-order chi connectivity index (χ0) is 11.7. The molecule has 0 N–H and O–H groups in total. The van der Waals surface area contributed by atoms with Crippen molar-refractivity contribution in [2.45, 2.75) is 30.7 Å². The van der Waals surface area contributed by atoms with Gasteiger partial charge in [-0.1, -0.05) is 24.3 Å². The number of thioether (sulfide) groups is 1. The van der Waals surface area contributed by atoms with Crippen LogP contribution in [-0.4, -0.2) is 17.6 Å². The average molecular weight is 245 g/mol. The minimum Gasteiger partial charge on any atom is -0.211 e. The molecule has 3 rings (SSSR count). The quantitative estimate of drug-likeness (QED) is 0.604. The molecule has 88 valence electrons. The predicted octanol–water partition coefficient (Wildman–Crippen LogP) is 3.23. The van der Waals surface area contributed by atoms with Crippen molar-refractivity contribution < 1.29 is 4.79 Å². The Morgan fingerprint density at radius 3 is 2.59 bits per heavy atom. The molecular formula is C14H15NOS. The van der Waals surface area contributed by atoms with Crippen molar-refractivity contribution in [3.63, 3.8) is 0 Å². The minimum atomic E-state index is -0.237. The summed E-state index contributed by atoms with van der Waals surface area (Å²) >= 11 is 1.99. The Hall–Kier alpha value is -1.05. The van der Waals surface area contributed by atoms with E-state index >= 15 is 0 Å². The molecule has 2 nitrogen and oxygen atoms in total. The van der Waals surface area contributed by atoms with E-state index in [2.05, 4.69) is 29.3 Å². The van der Waals surface area contributed by atoms with Crippen LogP contribution in [0.1, 0.15) is 36.3 Å². The Labute approximate surface area is 106 Å². The number of aliphatic imine (C=N–C) groups is 1. The maximum atomic E-state index is 10.7. The first-order valence-electron chi connectivity index (χ1n) is 6.12. The summed E-state index contributed by atoms with van der Waals surface area (Å²) in [5.41, 5.74) is 2.45. The monoisotopic (exact) mass is 245 g/mol. The van der Waals surface area contributed by atoms with Gasteiger partial charge in [-0.15, -0.1) is 0 Å². The summed E-state index contributed by atoms with van der Waals surface area (Å²) in [6.45, 7) is 0. The van der Waals surface area contributed by atoms with E-state index in [-0.39, 0.29) is 5.54 Å². The number of hydrogen-bond acceptors (Lipinski definition) is 3. The molecule has 0 aromatic heterocycles. The molecule has 17 heavy (non-hydrogen) atoms. The SMILES string of the molecule is O=C=NC1(c2ccccc2C2CSC2)CCC1. The van der Waals surface area contributed by atoms with Crippen molar-refractivity contribution in [2.24, 2.45) is 4.99 Å². The molecule has 0 unspecified atom stereocenters. The first kappa shape index (κ1) is 11.1. The lowest BCUT2D eigenvalue weighted by Gasteiger charge is -2.40. The van der Waals surface area contributed by atoms with Crippen molar-refractivity contribution in [1.82, 2.24) is 0 Å². The van der Waals surface area contributed by atoms with Gasteiger partial charge in [0.2, 0.25) is 6.08 Å². The second kappa shape index (κ2) is 4.32. The van der Waals surface area contributed by atoms with Crippen LogP contribution in [0, 0.1) is 0 Å². The first-order valence-corrected chi connectivity index (χ1v) is 7.27. The van der Waals surface area contributed by atoms with Crippen molar-refractivity contribution in [3.05, 3.63) is 35.4 Å². The van der Waals surface area contributed by atoms with Crippen LogP contribution in [0.2, 0.25) is 0 Å². The molecule has 1 aromatic carbocycles. The third-order valence-corrected chi connectivity index (χ3v) is 5.26. The lowest BCUT2D eigenvalue weighted by atomic mass is 9.70. The number of rotatable bonds is 3. The number of hydrogen-bond donors (Lipinski definition) is 0. The van der Waals surface area contributed by atoms with E-state index in [1.54, 1.807) is 6.08 Å². The molecule has 1 aromatic rings. The molecule has 1 aliphatic carbocycles. The summed E-state index contributed by atoms with van der Waals surface area (Å²) < 4.78 is 0. The van der Waals surface area contributed by atoms with Gasteiger partial charge >= 0.3 is 0 Å². The maximum Gasteiger partial charge on any atom is 0.235 e. The van der Waals surface area contributed by atoms with Gasteiger partial charge in [-0.05, 0) is 30.4 Å². The van der Waals surface area contributed by atoms with Crippen molar-refractivity contribution in [2.75, 3.05) is 11.5 Å². The van der Waals surface area contributed by atoms with E-state index in [0.717, 1.165) is 12.8 Å². The lowest BCUT2D eigenvalue weighted by Crippen LogP contribution is -2.34. The fourth-order valence-electron chi connectivity index (χ4n) is 2.73. The van der Waals surface area contributed by atoms with Crippen LogP contribution in [0.4, 0.5) is 0 Å². The predicted molar refractivity (Wildman–Crippen MR) is 70.2 cm³/mol. The van der Waals surface area contributed by atoms with Gasteiger partial charge < -0.3 is 0 Å². The molecule has 2 fully saturated rings. The fraction of sp³-hybridized carbons (Fsp3) is 0.500. The van der Waals surface area contributed by atoms with E-state index in [9.17, 15) is 4.79 Å². The molecule has 0 atom stereocenters. The molecule has 1 saturated carbocycles. The van der Waals surface area contributed by atoms with Crippen LogP contribution in [0.3, 0.4) is 0 Å². The van der Waals surface area contributed by atoms with E-state index in [0.29, 0.717) is 5.92 Å². The van der Waals surface area contributed by atoms with Crippen molar-refractivity contribution in [1.29, 1.82) is 0 Å². The summed E-state index contributed by atoms with van der Waals surface area (Å²) in [6, 6.07) is 8.52. The van der Waals surface area contributed by atoms with Gasteiger partial charge in [-0.2, -0.15) is 16.8 Å². The average Bonchev–Trinajstić information content (AvgIpc) is 2.22. The van der Waals surface area contributed by atoms with Gasteiger partial charge in [-0.25, -0.2) is 4.79 Å². The number of nitrogens with zero attached hydrogens (tertiary/aromatic N) is 1. The van der Waals surface area contributed by atoms with Crippen LogP contribution in [0.25, 0.3) is 0 Å². The second-order valence-electron chi connectivity index (χ2n) is 4.91. The molecule has 1 heterocycles. The van der Waals surface area contributed by atoms with Crippen molar-refractivity contribution >= 4 is 17.8 Å². The number of isocyanates is 1. The Kier molecular flexibility index (Phi) is 2.81. The first-order chi connectivity index (χ1) is 8.36.